The second-order valence-electron chi connectivity index (χ2n) is 7.69. The monoisotopic (exact) mass is 396 g/mol. The zero-order valence-electron chi connectivity index (χ0n) is 16.2. The Labute approximate surface area is 169 Å². The molecule has 152 valence electrons. The van der Waals surface area contributed by atoms with Gasteiger partial charge < -0.3 is 20.9 Å². The van der Waals surface area contributed by atoms with Crippen LogP contribution in [-0.4, -0.2) is 42.0 Å². The molecule has 1 saturated carbocycles. The predicted octanol–water partition coefficient (Wildman–Crippen LogP) is 3.83. The first-order valence-electron chi connectivity index (χ1n) is 10.1. The van der Waals surface area contributed by atoms with Gasteiger partial charge in [0, 0.05) is 42.1 Å². The fourth-order valence-corrected chi connectivity index (χ4v) is 3.71. The highest BCUT2D eigenvalue weighted by Gasteiger charge is 2.32. The highest BCUT2D eigenvalue weighted by molar-refractivity contribution is 6.05. The number of likely N-dealkylation sites (tertiary alicyclic amines) is 1. The zero-order valence-corrected chi connectivity index (χ0v) is 16.2. The molecule has 2 fully saturated rings. The van der Waals surface area contributed by atoms with E-state index in [2.05, 4.69) is 20.9 Å². The lowest BCUT2D eigenvalue weighted by Crippen LogP contribution is -2.46. The summed E-state index contributed by atoms with van der Waals surface area (Å²) in [5, 5.41) is 8.47. The molecule has 2 aliphatic rings. The molecule has 1 aliphatic carbocycles. The Balaban J connectivity index is 1.30. The van der Waals surface area contributed by atoms with Crippen molar-refractivity contribution in [2.45, 2.75) is 37.8 Å². The van der Waals surface area contributed by atoms with Crippen molar-refractivity contribution in [3.05, 3.63) is 59.9 Å². The average Bonchev–Trinajstić information content (AvgIpc) is 3.54. The van der Waals surface area contributed by atoms with E-state index in [1.165, 1.54) is 31.0 Å². The maximum Gasteiger partial charge on any atom is 0.319 e. The Morgan fingerprint density at radius 1 is 0.897 bits per heavy atom. The van der Waals surface area contributed by atoms with Crippen molar-refractivity contribution < 1.29 is 14.0 Å². The largest absolute Gasteiger partial charge is 0.335 e. The minimum Gasteiger partial charge on any atom is -0.335 e. The lowest BCUT2D eigenvalue weighted by Gasteiger charge is -2.32. The van der Waals surface area contributed by atoms with E-state index in [9.17, 15) is 14.0 Å². The fourth-order valence-electron chi connectivity index (χ4n) is 3.71. The van der Waals surface area contributed by atoms with Crippen molar-refractivity contribution in [2.24, 2.45) is 0 Å². The number of nitrogens with zero attached hydrogens (tertiary/aromatic N) is 1. The molecule has 7 heteroatoms. The van der Waals surface area contributed by atoms with Crippen LogP contribution in [0.2, 0.25) is 0 Å². The first-order chi connectivity index (χ1) is 14.1. The number of rotatable bonds is 5. The maximum atomic E-state index is 13.3. The molecule has 6 nitrogen and oxygen atoms in total. The SMILES string of the molecule is O=C(Nc1cccc(C(=O)Nc2cccc(F)c2)c1)NC1CCN(C2CC2)CC1. The van der Waals surface area contributed by atoms with Gasteiger partial charge in [-0.15, -0.1) is 0 Å². The van der Waals surface area contributed by atoms with Gasteiger partial charge >= 0.3 is 6.03 Å². The molecule has 0 bridgehead atoms. The first kappa shape index (κ1) is 19.4. The quantitative estimate of drug-likeness (QED) is 0.719. The fraction of sp³-hybridized carbons (Fsp3) is 0.364. The molecule has 0 aromatic heterocycles. The van der Waals surface area contributed by atoms with Gasteiger partial charge in [-0.2, -0.15) is 0 Å². The molecule has 0 radical (unpaired) electrons. The summed E-state index contributed by atoms with van der Waals surface area (Å²) >= 11 is 0. The minimum atomic E-state index is -0.419. The van der Waals surface area contributed by atoms with Crippen LogP contribution in [0.1, 0.15) is 36.0 Å². The van der Waals surface area contributed by atoms with Crippen LogP contribution in [-0.2, 0) is 0 Å². The van der Waals surface area contributed by atoms with Crippen LogP contribution in [0.5, 0.6) is 0 Å². The molecule has 29 heavy (non-hydrogen) atoms. The number of piperidine rings is 1. The van der Waals surface area contributed by atoms with Gasteiger partial charge in [0.25, 0.3) is 5.91 Å². The Hall–Kier alpha value is -2.93. The van der Waals surface area contributed by atoms with E-state index in [1.807, 2.05) is 0 Å². The highest BCUT2D eigenvalue weighted by Crippen LogP contribution is 2.29. The van der Waals surface area contributed by atoms with Crippen molar-refractivity contribution in [3.8, 4) is 0 Å². The molecule has 4 rings (SSSR count). The molecule has 1 saturated heterocycles. The Morgan fingerprint density at radius 2 is 1.59 bits per heavy atom. The lowest BCUT2D eigenvalue weighted by molar-refractivity contribution is 0.102. The zero-order chi connectivity index (χ0) is 20.2. The van der Waals surface area contributed by atoms with E-state index >= 15 is 0 Å². The highest BCUT2D eigenvalue weighted by atomic mass is 19.1. The summed E-state index contributed by atoms with van der Waals surface area (Å²) in [4.78, 5) is 27.3. The van der Waals surface area contributed by atoms with Crippen LogP contribution in [0.4, 0.5) is 20.6 Å². The Bertz CT molecular complexity index is 892. The summed E-state index contributed by atoms with van der Waals surface area (Å²) in [5.74, 6) is -0.787. The van der Waals surface area contributed by atoms with Crippen LogP contribution in [0, 0.1) is 5.82 Å². The summed E-state index contributed by atoms with van der Waals surface area (Å²) < 4.78 is 13.3. The number of hydrogen-bond acceptors (Lipinski definition) is 3. The number of benzene rings is 2. The number of amides is 3. The van der Waals surface area contributed by atoms with E-state index in [1.54, 1.807) is 30.3 Å². The number of nitrogens with one attached hydrogen (secondary N) is 3. The van der Waals surface area contributed by atoms with Crippen LogP contribution in [0.3, 0.4) is 0 Å². The van der Waals surface area contributed by atoms with Crippen LogP contribution in [0.25, 0.3) is 0 Å². The third kappa shape index (κ3) is 5.32. The smallest absolute Gasteiger partial charge is 0.319 e. The molecule has 1 heterocycles. The molecule has 1 aliphatic heterocycles. The third-order valence-corrected chi connectivity index (χ3v) is 5.39. The van der Waals surface area contributed by atoms with Crippen molar-refractivity contribution in [1.29, 1.82) is 0 Å². The van der Waals surface area contributed by atoms with E-state index in [0.29, 0.717) is 16.9 Å². The summed E-state index contributed by atoms with van der Waals surface area (Å²) in [6, 6.07) is 13.1. The molecular weight excluding hydrogens is 371 g/mol. The van der Waals surface area contributed by atoms with Crippen LogP contribution >= 0.6 is 0 Å². The van der Waals surface area contributed by atoms with Crippen LogP contribution < -0.4 is 16.0 Å². The topological polar surface area (TPSA) is 73.5 Å². The number of carbonyl (C=O) groups excluding carboxylic acids is 2. The summed E-state index contributed by atoms with van der Waals surface area (Å²) in [6.45, 7) is 2.07. The van der Waals surface area contributed by atoms with E-state index in [0.717, 1.165) is 32.0 Å². The number of halogens is 1. The normalized spacial score (nSPS) is 17.6. The summed E-state index contributed by atoms with van der Waals surface area (Å²) in [5.41, 5.74) is 1.29. The maximum absolute atomic E-state index is 13.3. The van der Waals surface area contributed by atoms with Gasteiger partial charge in [0.2, 0.25) is 0 Å². The lowest BCUT2D eigenvalue weighted by atomic mass is 10.1. The molecule has 3 amide bonds. The number of hydrogen-bond donors (Lipinski definition) is 3. The molecule has 0 atom stereocenters. The van der Waals surface area contributed by atoms with E-state index in [-0.39, 0.29) is 18.0 Å². The molecule has 2 aromatic rings. The minimum absolute atomic E-state index is 0.171. The van der Waals surface area contributed by atoms with Gasteiger partial charge in [0.1, 0.15) is 5.82 Å². The van der Waals surface area contributed by atoms with Crippen molar-refractivity contribution >= 4 is 23.3 Å². The van der Waals surface area contributed by atoms with E-state index < -0.39 is 5.82 Å². The molecule has 3 N–H and O–H groups in total. The van der Waals surface area contributed by atoms with Gasteiger partial charge in [-0.05, 0) is 62.1 Å². The Morgan fingerprint density at radius 3 is 2.28 bits per heavy atom. The summed E-state index contributed by atoms with van der Waals surface area (Å²) in [7, 11) is 0. The third-order valence-electron chi connectivity index (χ3n) is 5.39. The van der Waals surface area contributed by atoms with Crippen molar-refractivity contribution in [3.63, 3.8) is 0 Å². The first-order valence-corrected chi connectivity index (χ1v) is 10.1. The number of carbonyl (C=O) groups is 2. The van der Waals surface area contributed by atoms with Gasteiger partial charge in [0.15, 0.2) is 0 Å². The second-order valence-corrected chi connectivity index (χ2v) is 7.69. The predicted molar refractivity (Wildman–Crippen MR) is 111 cm³/mol. The molecule has 0 unspecified atom stereocenters. The van der Waals surface area contributed by atoms with E-state index in [4.69, 9.17) is 0 Å². The van der Waals surface area contributed by atoms with Gasteiger partial charge in [-0.25, -0.2) is 9.18 Å². The standard InChI is InChI=1S/C22H25FN4O2/c23-16-4-2-6-19(14-16)24-21(28)15-3-1-5-18(13-15)26-22(29)25-17-9-11-27(12-10-17)20-7-8-20/h1-6,13-14,17,20H,7-12H2,(H,24,28)(H2,25,26,29). The second kappa shape index (κ2) is 8.61. The average molecular weight is 396 g/mol. The number of urea groups is 1. The van der Waals surface area contributed by atoms with Gasteiger partial charge in [-0.1, -0.05) is 12.1 Å². The van der Waals surface area contributed by atoms with Crippen molar-refractivity contribution in [2.75, 3.05) is 23.7 Å². The van der Waals surface area contributed by atoms with Gasteiger partial charge in [-0.3, -0.25) is 4.79 Å². The Kier molecular flexibility index (Phi) is 5.76. The van der Waals surface area contributed by atoms with Crippen molar-refractivity contribution in [1.82, 2.24) is 10.2 Å². The molecule has 2 aromatic carbocycles. The van der Waals surface area contributed by atoms with Crippen LogP contribution in [0.15, 0.2) is 48.5 Å². The molecular formula is C22H25FN4O2. The summed E-state index contributed by atoms with van der Waals surface area (Å²) in [6.07, 6.45) is 4.53. The molecule has 0 spiro atoms. The number of anilines is 2. The van der Waals surface area contributed by atoms with Gasteiger partial charge in [0.05, 0.1) is 0 Å².